The molecule has 0 amide bonds. The van der Waals surface area contributed by atoms with Crippen LogP contribution in [0.1, 0.15) is 77.6 Å². The van der Waals surface area contributed by atoms with E-state index in [2.05, 4.69) is 13.0 Å². The third kappa shape index (κ3) is 16.6. The summed E-state index contributed by atoms with van der Waals surface area (Å²) in [7, 11) is 0. The van der Waals surface area contributed by atoms with E-state index in [-0.39, 0.29) is 12.2 Å². The molecular formula is C18H30O3. The molecule has 1 N–H and O–H groups in total. The van der Waals surface area contributed by atoms with Gasteiger partial charge in [0.05, 0.1) is 0 Å². The molecule has 3 nitrogen and oxygen atoms in total. The van der Waals surface area contributed by atoms with Gasteiger partial charge in [-0.05, 0) is 31.8 Å². The van der Waals surface area contributed by atoms with Crippen LogP contribution in [0.3, 0.4) is 0 Å². The standard InChI is InChI=1S/C18H30O3/c1-2-3-4-5-6-8-11-14-17(19)15-12-9-7-10-13-16-18(20)21/h6,8,11,14H,2-5,7,9-10,12-13,15-16H2,1H3,(H,20,21)/b8-6+,14-11+. The lowest BCUT2D eigenvalue weighted by atomic mass is 10.1. The second kappa shape index (κ2) is 15.0. The molecule has 0 radical (unpaired) electrons. The highest BCUT2D eigenvalue weighted by atomic mass is 16.4. The van der Waals surface area contributed by atoms with Crippen molar-refractivity contribution in [2.75, 3.05) is 0 Å². The van der Waals surface area contributed by atoms with Gasteiger partial charge in [0.15, 0.2) is 5.78 Å². The minimum Gasteiger partial charge on any atom is -0.481 e. The quantitative estimate of drug-likeness (QED) is 0.277. The summed E-state index contributed by atoms with van der Waals surface area (Å²) in [6.07, 6.45) is 17.8. The van der Waals surface area contributed by atoms with Crippen molar-refractivity contribution >= 4 is 11.8 Å². The maximum Gasteiger partial charge on any atom is 0.303 e. The Morgan fingerprint density at radius 2 is 1.52 bits per heavy atom. The number of aliphatic carboxylic acids is 1. The van der Waals surface area contributed by atoms with E-state index in [1.54, 1.807) is 6.08 Å². The molecule has 120 valence electrons. The molecule has 0 spiro atoms. The molecule has 0 aromatic rings. The molecule has 21 heavy (non-hydrogen) atoms. The summed E-state index contributed by atoms with van der Waals surface area (Å²) < 4.78 is 0. The van der Waals surface area contributed by atoms with Crippen LogP contribution in [0, 0.1) is 0 Å². The average molecular weight is 294 g/mol. The van der Waals surface area contributed by atoms with Crippen molar-refractivity contribution in [3.05, 3.63) is 24.3 Å². The highest BCUT2D eigenvalue weighted by Crippen LogP contribution is 2.08. The molecule has 0 unspecified atom stereocenters. The Labute approximate surface area is 129 Å². The number of carbonyl (C=O) groups is 2. The van der Waals surface area contributed by atoms with E-state index < -0.39 is 5.97 Å². The van der Waals surface area contributed by atoms with Gasteiger partial charge < -0.3 is 5.11 Å². The Bertz CT molecular complexity index is 329. The number of carboxylic acids is 1. The first-order chi connectivity index (χ1) is 10.2. The number of hydrogen-bond acceptors (Lipinski definition) is 2. The van der Waals surface area contributed by atoms with Crippen molar-refractivity contribution in [1.82, 2.24) is 0 Å². The van der Waals surface area contributed by atoms with Crippen molar-refractivity contribution in [2.24, 2.45) is 0 Å². The van der Waals surface area contributed by atoms with Gasteiger partial charge >= 0.3 is 5.97 Å². The second-order valence-corrected chi connectivity index (χ2v) is 5.41. The van der Waals surface area contributed by atoms with Gasteiger partial charge in [-0.2, -0.15) is 0 Å². The van der Waals surface area contributed by atoms with Crippen molar-refractivity contribution in [3.63, 3.8) is 0 Å². The van der Waals surface area contributed by atoms with Crippen molar-refractivity contribution in [2.45, 2.75) is 77.6 Å². The van der Waals surface area contributed by atoms with Gasteiger partial charge in [0, 0.05) is 12.8 Å². The molecule has 0 aliphatic heterocycles. The Hall–Kier alpha value is -1.38. The fraction of sp³-hybridized carbons (Fsp3) is 0.667. The third-order valence-electron chi connectivity index (χ3n) is 3.32. The van der Waals surface area contributed by atoms with Crippen molar-refractivity contribution in [1.29, 1.82) is 0 Å². The van der Waals surface area contributed by atoms with E-state index >= 15 is 0 Å². The summed E-state index contributed by atoms with van der Waals surface area (Å²) in [4.78, 5) is 21.9. The highest BCUT2D eigenvalue weighted by molar-refractivity contribution is 5.89. The normalized spacial score (nSPS) is 11.5. The fourth-order valence-corrected chi connectivity index (χ4v) is 2.04. The number of unbranched alkanes of at least 4 members (excludes halogenated alkanes) is 7. The lowest BCUT2D eigenvalue weighted by Crippen LogP contribution is -1.94. The van der Waals surface area contributed by atoms with E-state index in [0.29, 0.717) is 6.42 Å². The Balaban J connectivity index is 3.43. The molecule has 0 aromatic heterocycles. The first kappa shape index (κ1) is 19.6. The lowest BCUT2D eigenvalue weighted by Gasteiger charge is -1.98. The predicted molar refractivity (Wildman–Crippen MR) is 87.4 cm³/mol. The van der Waals surface area contributed by atoms with Crippen molar-refractivity contribution in [3.8, 4) is 0 Å². The molecule has 0 saturated carbocycles. The molecule has 0 aromatic carbocycles. The van der Waals surface area contributed by atoms with E-state index in [4.69, 9.17) is 5.11 Å². The zero-order valence-electron chi connectivity index (χ0n) is 13.4. The largest absolute Gasteiger partial charge is 0.481 e. The van der Waals surface area contributed by atoms with Crippen LogP contribution in [-0.2, 0) is 9.59 Å². The average Bonchev–Trinajstić information content (AvgIpc) is 2.45. The minimum atomic E-state index is -0.724. The van der Waals surface area contributed by atoms with Crippen LogP contribution < -0.4 is 0 Å². The SMILES string of the molecule is CCCCC/C=C/C=C/C(=O)CCCCCCCC(=O)O. The number of carbonyl (C=O) groups excluding carboxylic acids is 1. The molecule has 0 atom stereocenters. The lowest BCUT2D eigenvalue weighted by molar-refractivity contribution is -0.137. The molecule has 0 aliphatic carbocycles. The van der Waals surface area contributed by atoms with E-state index in [1.165, 1.54) is 19.3 Å². The molecular weight excluding hydrogens is 264 g/mol. The molecule has 0 aliphatic rings. The summed E-state index contributed by atoms with van der Waals surface area (Å²) in [6.45, 7) is 2.19. The summed E-state index contributed by atoms with van der Waals surface area (Å²) in [5.41, 5.74) is 0. The minimum absolute atomic E-state index is 0.179. The van der Waals surface area contributed by atoms with Crippen LogP contribution in [0.5, 0.6) is 0 Å². The van der Waals surface area contributed by atoms with Gasteiger partial charge in [-0.25, -0.2) is 0 Å². The van der Waals surface area contributed by atoms with E-state index in [9.17, 15) is 9.59 Å². The first-order valence-electron chi connectivity index (χ1n) is 8.24. The highest BCUT2D eigenvalue weighted by Gasteiger charge is 1.98. The maximum absolute atomic E-state index is 11.6. The summed E-state index contributed by atoms with van der Waals surface area (Å²) in [5.74, 6) is -0.545. The van der Waals surface area contributed by atoms with Crippen LogP contribution in [0.15, 0.2) is 24.3 Å². The fourth-order valence-electron chi connectivity index (χ4n) is 2.04. The monoisotopic (exact) mass is 294 g/mol. The number of hydrogen-bond donors (Lipinski definition) is 1. The first-order valence-corrected chi connectivity index (χ1v) is 8.24. The number of carboxylic acid groups (broad SMARTS) is 1. The van der Waals surface area contributed by atoms with E-state index in [0.717, 1.165) is 38.5 Å². The third-order valence-corrected chi connectivity index (χ3v) is 3.32. The zero-order chi connectivity index (χ0) is 15.8. The van der Waals surface area contributed by atoms with Gasteiger partial charge in [-0.3, -0.25) is 9.59 Å². The summed E-state index contributed by atoms with van der Waals surface area (Å²) >= 11 is 0. The van der Waals surface area contributed by atoms with Crippen LogP contribution in [0.25, 0.3) is 0 Å². The van der Waals surface area contributed by atoms with Crippen LogP contribution in [0.4, 0.5) is 0 Å². The Morgan fingerprint density at radius 3 is 2.19 bits per heavy atom. The second-order valence-electron chi connectivity index (χ2n) is 5.41. The van der Waals surface area contributed by atoms with Gasteiger partial charge in [0.2, 0.25) is 0 Å². The molecule has 0 saturated heterocycles. The smallest absolute Gasteiger partial charge is 0.303 e. The molecule has 0 heterocycles. The number of rotatable bonds is 14. The number of ketones is 1. The van der Waals surface area contributed by atoms with E-state index in [1.807, 2.05) is 12.2 Å². The molecule has 3 heteroatoms. The van der Waals surface area contributed by atoms with Crippen LogP contribution in [0.2, 0.25) is 0 Å². The maximum atomic E-state index is 11.6. The Morgan fingerprint density at radius 1 is 0.857 bits per heavy atom. The zero-order valence-corrected chi connectivity index (χ0v) is 13.4. The van der Waals surface area contributed by atoms with Gasteiger partial charge in [0.25, 0.3) is 0 Å². The summed E-state index contributed by atoms with van der Waals surface area (Å²) in [5, 5.41) is 8.49. The van der Waals surface area contributed by atoms with Gasteiger partial charge in [-0.15, -0.1) is 0 Å². The van der Waals surface area contributed by atoms with Crippen molar-refractivity contribution < 1.29 is 14.7 Å². The molecule has 0 bridgehead atoms. The predicted octanol–water partition coefficient (Wildman–Crippen LogP) is 5.06. The van der Waals surface area contributed by atoms with Crippen LogP contribution >= 0.6 is 0 Å². The Kier molecular flexibility index (Phi) is 14.0. The number of allylic oxidation sites excluding steroid dienone is 4. The summed E-state index contributed by atoms with van der Waals surface area (Å²) in [6, 6.07) is 0. The van der Waals surface area contributed by atoms with Gasteiger partial charge in [-0.1, -0.05) is 57.3 Å². The van der Waals surface area contributed by atoms with Crippen LogP contribution in [-0.4, -0.2) is 16.9 Å². The topological polar surface area (TPSA) is 54.4 Å². The molecule has 0 rings (SSSR count). The molecule has 0 fully saturated rings. The van der Waals surface area contributed by atoms with Gasteiger partial charge in [0.1, 0.15) is 0 Å².